The molecule has 0 radical (unpaired) electrons. The van der Waals surface area contributed by atoms with E-state index in [-0.39, 0.29) is 18.8 Å². The second-order valence-electron chi connectivity index (χ2n) is 5.01. The normalized spacial score (nSPS) is 11.9. The second-order valence-corrected chi connectivity index (χ2v) is 6.58. The highest BCUT2D eigenvalue weighted by Crippen LogP contribution is 2.29. The summed E-state index contributed by atoms with van der Waals surface area (Å²) in [5, 5.41) is 9.79. The molecule has 0 saturated heterocycles. The Morgan fingerprint density at radius 3 is 2.43 bits per heavy atom. The molecule has 0 unspecified atom stereocenters. The van der Waals surface area contributed by atoms with Crippen LogP contribution in [0.5, 0.6) is 11.5 Å². The summed E-state index contributed by atoms with van der Waals surface area (Å²) in [6.45, 7) is 0.0624. The molecule has 3 rings (SSSR count). The molecule has 2 aromatic carbocycles. The first-order valence-electron chi connectivity index (χ1n) is 6.90. The lowest BCUT2D eigenvalue weighted by atomic mass is 10.2. The van der Waals surface area contributed by atoms with Crippen molar-refractivity contribution in [3.05, 3.63) is 36.4 Å². The summed E-state index contributed by atoms with van der Waals surface area (Å²) in [5.74, 6) is -0.0984. The summed E-state index contributed by atoms with van der Waals surface area (Å²) < 4.78 is 35.6. The van der Waals surface area contributed by atoms with Crippen LogP contribution in [0.2, 0.25) is 0 Å². The Bertz CT molecular complexity index is 972. The van der Waals surface area contributed by atoms with Crippen molar-refractivity contribution >= 4 is 32.2 Å². The van der Waals surface area contributed by atoms with Crippen molar-refractivity contribution in [3.8, 4) is 11.5 Å². The summed E-state index contributed by atoms with van der Waals surface area (Å²) in [5.41, 5.74) is 2.35. The predicted molar refractivity (Wildman–Crippen MR) is 85.2 cm³/mol. The van der Waals surface area contributed by atoms with Crippen molar-refractivity contribution in [2.75, 3.05) is 12.4 Å². The van der Waals surface area contributed by atoms with E-state index < -0.39 is 15.9 Å². The van der Waals surface area contributed by atoms with E-state index in [4.69, 9.17) is 9.29 Å². The van der Waals surface area contributed by atoms with Crippen molar-refractivity contribution in [2.24, 2.45) is 0 Å². The highest BCUT2D eigenvalue weighted by Gasteiger charge is 2.11. The molecule has 3 aromatic rings. The maximum Gasteiger partial charge on any atom is 0.264 e. The van der Waals surface area contributed by atoms with E-state index >= 15 is 0 Å². The number of phenols is 1. The molecule has 2 N–H and O–H groups in total. The SMILES string of the molecule is O=S(=O)(O)CCCOc1cc(O)cc2nc3ccccc3nc12. The number of hydrogen-bond donors (Lipinski definition) is 2. The van der Waals surface area contributed by atoms with Gasteiger partial charge in [-0.15, -0.1) is 0 Å². The predicted octanol–water partition coefficient (Wildman–Crippen LogP) is 2.15. The number of rotatable bonds is 5. The van der Waals surface area contributed by atoms with E-state index in [0.29, 0.717) is 27.8 Å². The molecule has 0 aliphatic rings. The Hall–Kier alpha value is -2.45. The van der Waals surface area contributed by atoms with Crippen molar-refractivity contribution in [2.45, 2.75) is 6.42 Å². The fourth-order valence-corrected chi connectivity index (χ4v) is 2.70. The fourth-order valence-electron chi connectivity index (χ4n) is 2.21. The van der Waals surface area contributed by atoms with Crippen LogP contribution in [0.4, 0.5) is 0 Å². The Morgan fingerprint density at radius 1 is 1.04 bits per heavy atom. The van der Waals surface area contributed by atoms with Gasteiger partial charge in [0.05, 0.1) is 28.9 Å². The van der Waals surface area contributed by atoms with Gasteiger partial charge in [-0.3, -0.25) is 4.55 Å². The fraction of sp³-hybridized carbons (Fsp3) is 0.200. The monoisotopic (exact) mass is 334 g/mol. The molecule has 7 nitrogen and oxygen atoms in total. The topological polar surface area (TPSA) is 110 Å². The average molecular weight is 334 g/mol. The minimum absolute atomic E-state index is 0.0214. The minimum atomic E-state index is -4.02. The number of aromatic hydroxyl groups is 1. The summed E-state index contributed by atoms with van der Waals surface area (Å²) in [7, 11) is -4.02. The van der Waals surface area contributed by atoms with Crippen molar-refractivity contribution < 1.29 is 22.8 Å². The standard InChI is InChI=1S/C15H14N2O5S/c18-10-8-13-15(17-12-5-2-1-4-11(12)16-13)14(9-10)22-6-3-7-23(19,20)21/h1-2,4-5,8-9,18H,3,6-7H2,(H,19,20,21). The molecule has 0 saturated carbocycles. The van der Waals surface area contributed by atoms with Gasteiger partial charge in [0.25, 0.3) is 10.1 Å². The van der Waals surface area contributed by atoms with Crippen molar-refractivity contribution in [1.82, 2.24) is 9.97 Å². The second kappa shape index (κ2) is 5.98. The third-order valence-corrected chi connectivity index (χ3v) is 4.00. The van der Waals surface area contributed by atoms with Crippen LogP contribution in [0.1, 0.15) is 6.42 Å². The lowest BCUT2D eigenvalue weighted by Crippen LogP contribution is -2.08. The van der Waals surface area contributed by atoms with Crippen LogP contribution in [0.3, 0.4) is 0 Å². The van der Waals surface area contributed by atoms with Crippen LogP contribution < -0.4 is 4.74 Å². The number of aromatic nitrogens is 2. The van der Waals surface area contributed by atoms with Crippen LogP contribution in [0.15, 0.2) is 36.4 Å². The summed E-state index contributed by atoms with van der Waals surface area (Å²) >= 11 is 0. The smallest absolute Gasteiger partial charge is 0.264 e. The van der Waals surface area contributed by atoms with Crippen molar-refractivity contribution in [1.29, 1.82) is 0 Å². The van der Waals surface area contributed by atoms with Crippen LogP contribution in [-0.4, -0.2) is 40.4 Å². The lowest BCUT2D eigenvalue weighted by molar-refractivity contribution is 0.317. The Kier molecular flexibility index (Phi) is 4.01. The van der Waals surface area contributed by atoms with Crippen LogP contribution in [0, 0.1) is 0 Å². The number of para-hydroxylation sites is 2. The zero-order chi connectivity index (χ0) is 16.4. The summed E-state index contributed by atoms with van der Waals surface area (Å²) in [4.78, 5) is 8.91. The third kappa shape index (κ3) is 3.66. The van der Waals surface area contributed by atoms with Gasteiger partial charge in [-0.2, -0.15) is 8.42 Å². The third-order valence-electron chi connectivity index (χ3n) is 3.20. The molecule has 0 amide bonds. The van der Waals surface area contributed by atoms with E-state index in [2.05, 4.69) is 9.97 Å². The van der Waals surface area contributed by atoms with E-state index in [9.17, 15) is 13.5 Å². The number of hydrogen-bond acceptors (Lipinski definition) is 6. The Morgan fingerprint density at radius 2 is 1.74 bits per heavy atom. The minimum Gasteiger partial charge on any atom is -0.508 e. The Balaban J connectivity index is 1.93. The maximum atomic E-state index is 10.7. The maximum absolute atomic E-state index is 10.7. The first-order valence-corrected chi connectivity index (χ1v) is 8.51. The zero-order valence-electron chi connectivity index (χ0n) is 12.0. The number of benzene rings is 2. The first kappa shape index (κ1) is 15.4. The summed E-state index contributed by atoms with van der Waals surface area (Å²) in [6, 6.07) is 10.2. The molecule has 8 heteroatoms. The molecule has 0 aliphatic carbocycles. The largest absolute Gasteiger partial charge is 0.508 e. The van der Waals surface area contributed by atoms with Gasteiger partial charge in [-0.25, -0.2) is 9.97 Å². The molecular weight excluding hydrogens is 320 g/mol. The van der Waals surface area contributed by atoms with Gasteiger partial charge in [0, 0.05) is 12.1 Å². The molecule has 0 atom stereocenters. The zero-order valence-corrected chi connectivity index (χ0v) is 12.8. The van der Waals surface area contributed by atoms with Crippen LogP contribution in [0.25, 0.3) is 22.1 Å². The Labute approximate surface area is 132 Å². The molecule has 23 heavy (non-hydrogen) atoms. The van der Waals surface area contributed by atoms with Crippen molar-refractivity contribution in [3.63, 3.8) is 0 Å². The van der Waals surface area contributed by atoms with E-state index in [1.54, 1.807) is 0 Å². The van der Waals surface area contributed by atoms with Crippen LogP contribution >= 0.6 is 0 Å². The lowest BCUT2D eigenvalue weighted by Gasteiger charge is -2.09. The number of ether oxygens (including phenoxy) is 1. The van der Waals surface area contributed by atoms with E-state index in [0.717, 1.165) is 0 Å². The molecule has 1 aromatic heterocycles. The van der Waals surface area contributed by atoms with Gasteiger partial charge in [0.1, 0.15) is 11.3 Å². The first-order chi connectivity index (χ1) is 10.9. The van der Waals surface area contributed by atoms with Gasteiger partial charge in [-0.05, 0) is 18.6 Å². The number of fused-ring (bicyclic) bond motifs is 2. The summed E-state index contributed by atoms with van der Waals surface area (Å²) in [6.07, 6.45) is 0.122. The number of nitrogens with zero attached hydrogens (tertiary/aromatic N) is 2. The van der Waals surface area contributed by atoms with Gasteiger partial charge >= 0.3 is 0 Å². The molecular formula is C15H14N2O5S. The van der Waals surface area contributed by atoms with Gasteiger partial charge < -0.3 is 9.84 Å². The van der Waals surface area contributed by atoms with E-state index in [1.807, 2.05) is 24.3 Å². The highest BCUT2D eigenvalue weighted by molar-refractivity contribution is 7.85. The molecule has 0 spiro atoms. The average Bonchev–Trinajstić information content (AvgIpc) is 2.48. The quantitative estimate of drug-likeness (QED) is 0.418. The van der Waals surface area contributed by atoms with Gasteiger partial charge in [-0.1, -0.05) is 12.1 Å². The molecule has 0 aliphatic heterocycles. The number of phenolic OH excluding ortho intramolecular Hbond substituents is 1. The van der Waals surface area contributed by atoms with Crippen LogP contribution in [-0.2, 0) is 10.1 Å². The molecule has 1 heterocycles. The molecule has 120 valence electrons. The van der Waals surface area contributed by atoms with Gasteiger partial charge in [0.2, 0.25) is 0 Å². The molecule has 0 fully saturated rings. The highest BCUT2D eigenvalue weighted by atomic mass is 32.2. The van der Waals surface area contributed by atoms with Gasteiger partial charge in [0.15, 0.2) is 5.75 Å². The molecule has 0 bridgehead atoms. The van der Waals surface area contributed by atoms with E-state index in [1.165, 1.54) is 12.1 Å².